The van der Waals surface area contributed by atoms with E-state index in [0.717, 1.165) is 17.9 Å². The van der Waals surface area contributed by atoms with Crippen molar-refractivity contribution in [3.05, 3.63) is 0 Å². The SMILES string of the molecule is CC1CC(CBr)(C2CCCO2)C1. The molecule has 0 N–H and O–H groups in total. The van der Waals surface area contributed by atoms with Gasteiger partial charge in [-0.1, -0.05) is 22.9 Å². The van der Waals surface area contributed by atoms with Gasteiger partial charge in [0, 0.05) is 17.4 Å². The molecule has 1 nitrogen and oxygen atoms in total. The van der Waals surface area contributed by atoms with E-state index in [1.54, 1.807) is 0 Å². The van der Waals surface area contributed by atoms with Gasteiger partial charge in [0.25, 0.3) is 0 Å². The van der Waals surface area contributed by atoms with Crippen molar-refractivity contribution in [3.63, 3.8) is 0 Å². The predicted molar refractivity (Wildman–Crippen MR) is 53.6 cm³/mol. The van der Waals surface area contributed by atoms with Crippen LogP contribution in [0.4, 0.5) is 0 Å². The van der Waals surface area contributed by atoms with E-state index in [1.165, 1.54) is 25.7 Å². The second-order valence-electron chi connectivity index (χ2n) is 4.51. The summed E-state index contributed by atoms with van der Waals surface area (Å²) >= 11 is 3.64. The van der Waals surface area contributed by atoms with E-state index in [0.29, 0.717) is 11.5 Å². The van der Waals surface area contributed by atoms with Crippen LogP contribution in [0.15, 0.2) is 0 Å². The zero-order valence-corrected chi connectivity index (χ0v) is 9.27. The monoisotopic (exact) mass is 232 g/mol. The Morgan fingerprint density at radius 3 is 2.67 bits per heavy atom. The molecule has 0 bridgehead atoms. The van der Waals surface area contributed by atoms with Crippen molar-refractivity contribution in [3.8, 4) is 0 Å². The highest BCUT2D eigenvalue weighted by Gasteiger charge is 2.48. The summed E-state index contributed by atoms with van der Waals surface area (Å²) in [4.78, 5) is 0. The maximum absolute atomic E-state index is 5.77. The molecule has 0 amide bonds. The molecule has 1 aliphatic heterocycles. The smallest absolute Gasteiger partial charge is 0.0640 e. The van der Waals surface area contributed by atoms with E-state index in [4.69, 9.17) is 4.74 Å². The third-order valence-electron chi connectivity index (χ3n) is 3.39. The Balaban J connectivity index is 1.98. The Labute approximate surface area is 83.0 Å². The van der Waals surface area contributed by atoms with Crippen LogP contribution in [-0.4, -0.2) is 18.0 Å². The Kier molecular flexibility index (Phi) is 2.48. The Hall–Kier alpha value is 0.440. The van der Waals surface area contributed by atoms with Crippen molar-refractivity contribution in [1.29, 1.82) is 0 Å². The van der Waals surface area contributed by atoms with Crippen LogP contribution >= 0.6 is 15.9 Å². The number of alkyl halides is 1. The third kappa shape index (κ3) is 1.33. The number of ether oxygens (including phenoxy) is 1. The number of hydrogen-bond acceptors (Lipinski definition) is 1. The van der Waals surface area contributed by atoms with Crippen LogP contribution in [0.1, 0.15) is 32.6 Å². The molecule has 0 aromatic heterocycles. The molecule has 2 rings (SSSR count). The van der Waals surface area contributed by atoms with Gasteiger partial charge in [-0.15, -0.1) is 0 Å². The lowest BCUT2D eigenvalue weighted by atomic mass is 9.60. The molecule has 1 saturated heterocycles. The first-order valence-electron chi connectivity index (χ1n) is 4.94. The van der Waals surface area contributed by atoms with Gasteiger partial charge in [0.15, 0.2) is 0 Å². The van der Waals surface area contributed by atoms with Crippen molar-refractivity contribution >= 4 is 15.9 Å². The van der Waals surface area contributed by atoms with Gasteiger partial charge in [0.1, 0.15) is 0 Å². The summed E-state index contributed by atoms with van der Waals surface area (Å²) in [5.74, 6) is 0.923. The van der Waals surface area contributed by atoms with Gasteiger partial charge < -0.3 is 4.74 Å². The number of rotatable bonds is 2. The lowest BCUT2D eigenvalue weighted by molar-refractivity contribution is -0.0591. The summed E-state index contributed by atoms with van der Waals surface area (Å²) in [6.45, 7) is 3.34. The maximum atomic E-state index is 5.77. The number of hydrogen-bond donors (Lipinski definition) is 0. The summed E-state index contributed by atoms with van der Waals surface area (Å²) in [6, 6.07) is 0. The van der Waals surface area contributed by atoms with E-state index < -0.39 is 0 Å². The fraction of sp³-hybridized carbons (Fsp3) is 1.00. The van der Waals surface area contributed by atoms with Gasteiger partial charge in [0.05, 0.1) is 6.10 Å². The van der Waals surface area contributed by atoms with Gasteiger partial charge in [-0.2, -0.15) is 0 Å². The summed E-state index contributed by atoms with van der Waals surface area (Å²) in [5, 5.41) is 1.13. The molecule has 12 heavy (non-hydrogen) atoms. The third-order valence-corrected chi connectivity index (χ3v) is 4.51. The molecule has 0 spiro atoms. The minimum Gasteiger partial charge on any atom is -0.378 e. The van der Waals surface area contributed by atoms with E-state index in [-0.39, 0.29) is 0 Å². The Bertz CT molecular complexity index is 157. The molecular weight excluding hydrogens is 216 g/mol. The lowest BCUT2D eigenvalue weighted by Gasteiger charge is -2.49. The standard InChI is InChI=1S/C10H17BrO/c1-8-5-10(6-8,7-11)9-3-2-4-12-9/h8-9H,2-7H2,1H3. The van der Waals surface area contributed by atoms with E-state index in [9.17, 15) is 0 Å². The van der Waals surface area contributed by atoms with Gasteiger partial charge in [0.2, 0.25) is 0 Å². The quantitative estimate of drug-likeness (QED) is 0.666. The van der Waals surface area contributed by atoms with Crippen molar-refractivity contribution in [2.45, 2.75) is 38.7 Å². The molecule has 1 saturated carbocycles. The van der Waals surface area contributed by atoms with Crippen LogP contribution in [0, 0.1) is 11.3 Å². The summed E-state index contributed by atoms with van der Waals surface area (Å²) < 4.78 is 5.77. The largest absolute Gasteiger partial charge is 0.378 e. The van der Waals surface area contributed by atoms with E-state index >= 15 is 0 Å². The summed E-state index contributed by atoms with van der Waals surface area (Å²) in [7, 11) is 0. The first-order valence-corrected chi connectivity index (χ1v) is 6.06. The molecule has 70 valence electrons. The molecule has 1 atom stereocenters. The lowest BCUT2D eigenvalue weighted by Crippen LogP contribution is -2.46. The molecule has 0 aromatic rings. The fourth-order valence-corrected chi connectivity index (χ4v) is 3.67. The van der Waals surface area contributed by atoms with Crippen molar-refractivity contribution in [1.82, 2.24) is 0 Å². The van der Waals surface area contributed by atoms with Crippen LogP contribution in [0.5, 0.6) is 0 Å². The molecule has 1 aliphatic carbocycles. The first kappa shape index (κ1) is 9.01. The minimum atomic E-state index is 0.510. The van der Waals surface area contributed by atoms with E-state index in [1.807, 2.05) is 0 Å². The molecule has 2 aliphatic rings. The Morgan fingerprint density at radius 1 is 1.50 bits per heavy atom. The molecule has 1 unspecified atom stereocenters. The second-order valence-corrected chi connectivity index (χ2v) is 5.07. The highest BCUT2D eigenvalue weighted by molar-refractivity contribution is 9.09. The van der Waals surface area contributed by atoms with Crippen LogP contribution < -0.4 is 0 Å². The van der Waals surface area contributed by atoms with Crippen molar-refractivity contribution in [2.75, 3.05) is 11.9 Å². The molecule has 1 heterocycles. The molecule has 2 fully saturated rings. The van der Waals surface area contributed by atoms with E-state index in [2.05, 4.69) is 22.9 Å². The topological polar surface area (TPSA) is 9.23 Å². The molecular formula is C10H17BrO. The average Bonchev–Trinajstić information content (AvgIpc) is 2.50. The van der Waals surface area contributed by atoms with Crippen LogP contribution in [-0.2, 0) is 4.74 Å². The summed E-state index contributed by atoms with van der Waals surface area (Å²) in [5.41, 5.74) is 0.510. The fourth-order valence-electron chi connectivity index (χ4n) is 2.85. The van der Waals surface area contributed by atoms with Crippen LogP contribution in [0.25, 0.3) is 0 Å². The van der Waals surface area contributed by atoms with Crippen molar-refractivity contribution in [2.24, 2.45) is 11.3 Å². The van der Waals surface area contributed by atoms with Crippen molar-refractivity contribution < 1.29 is 4.74 Å². The van der Waals surface area contributed by atoms with Crippen LogP contribution in [0.2, 0.25) is 0 Å². The van der Waals surface area contributed by atoms with Gasteiger partial charge in [-0.3, -0.25) is 0 Å². The zero-order chi connectivity index (χ0) is 8.60. The second kappa shape index (κ2) is 3.30. The number of halogens is 1. The van der Waals surface area contributed by atoms with Gasteiger partial charge >= 0.3 is 0 Å². The molecule has 0 aromatic carbocycles. The first-order chi connectivity index (χ1) is 5.77. The maximum Gasteiger partial charge on any atom is 0.0640 e. The van der Waals surface area contributed by atoms with Gasteiger partial charge in [-0.05, 0) is 31.6 Å². The average molecular weight is 233 g/mol. The normalized spacial score (nSPS) is 47.5. The molecule has 2 heteroatoms. The molecule has 0 radical (unpaired) electrons. The summed E-state index contributed by atoms with van der Waals surface area (Å²) in [6.07, 6.45) is 5.85. The minimum absolute atomic E-state index is 0.510. The predicted octanol–water partition coefficient (Wildman–Crippen LogP) is 2.98. The van der Waals surface area contributed by atoms with Crippen LogP contribution in [0.3, 0.4) is 0 Å². The zero-order valence-electron chi connectivity index (χ0n) is 7.68. The van der Waals surface area contributed by atoms with Gasteiger partial charge in [-0.25, -0.2) is 0 Å². The highest BCUT2D eigenvalue weighted by atomic mass is 79.9. The Morgan fingerprint density at radius 2 is 2.25 bits per heavy atom. The highest BCUT2D eigenvalue weighted by Crippen LogP contribution is 2.52.